The molecule has 5 nitrogen and oxygen atoms in total. The number of halogens is 3. The first kappa shape index (κ1) is 16.2. The average molecular weight is 365 g/mol. The van der Waals surface area contributed by atoms with Crippen LogP contribution in [0.15, 0.2) is 28.8 Å². The fourth-order valence-electron chi connectivity index (χ4n) is 3.26. The van der Waals surface area contributed by atoms with Gasteiger partial charge in [0.2, 0.25) is 0 Å². The zero-order valence-electron chi connectivity index (χ0n) is 13.6. The number of aryl methyl sites for hydroxylation is 2. The van der Waals surface area contributed by atoms with E-state index in [1.807, 2.05) is 25.1 Å². The van der Waals surface area contributed by atoms with Crippen LogP contribution in [-0.4, -0.2) is 19.9 Å². The van der Waals surface area contributed by atoms with Gasteiger partial charge in [-0.2, -0.15) is 10.1 Å². The molecule has 2 aromatic heterocycles. The predicted octanol–water partition coefficient (Wildman–Crippen LogP) is 4.45. The van der Waals surface area contributed by atoms with Crippen LogP contribution in [-0.2, 0) is 12.5 Å². The molecule has 0 aliphatic heterocycles. The lowest BCUT2D eigenvalue weighted by Crippen LogP contribution is -2.13. The molecule has 0 amide bonds. The van der Waals surface area contributed by atoms with Crippen LogP contribution in [0, 0.1) is 6.92 Å². The Labute approximate surface area is 147 Å². The molecule has 0 spiro atoms. The molecule has 0 saturated heterocycles. The minimum absolute atomic E-state index is 0.133. The van der Waals surface area contributed by atoms with Gasteiger partial charge in [0, 0.05) is 12.1 Å². The highest BCUT2D eigenvalue weighted by Crippen LogP contribution is 2.55. The molecule has 8 heteroatoms. The highest BCUT2D eigenvalue weighted by Gasteiger charge is 2.52. The van der Waals surface area contributed by atoms with Crippen molar-refractivity contribution in [3.05, 3.63) is 51.9 Å². The van der Waals surface area contributed by atoms with Gasteiger partial charge in [-0.1, -0.05) is 28.9 Å². The van der Waals surface area contributed by atoms with Crippen molar-refractivity contribution in [2.45, 2.75) is 31.6 Å². The van der Waals surface area contributed by atoms with Crippen molar-refractivity contribution in [3.63, 3.8) is 0 Å². The van der Waals surface area contributed by atoms with E-state index >= 15 is 0 Å². The van der Waals surface area contributed by atoms with Crippen LogP contribution in [0.1, 0.15) is 41.9 Å². The van der Waals surface area contributed by atoms with Crippen molar-refractivity contribution in [3.8, 4) is 11.6 Å². The third kappa shape index (κ3) is 2.54. The molecule has 0 unspecified atom stereocenters. The van der Waals surface area contributed by atoms with Crippen molar-refractivity contribution in [2.24, 2.45) is 7.05 Å². The SMILES string of the molecule is Cc1cccc(Cl)c1C1(c2noc(-c3cc(C(F)F)n(C)n3)n2)CC1. The molecular weight excluding hydrogens is 350 g/mol. The summed E-state index contributed by atoms with van der Waals surface area (Å²) in [5.41, 5.74) is 1.73. The van der Waals surface area contributed by atoms with Gasteiger partial charge in [-0.05, 0) is 43.0 Å². The standard InChI is InChI=1S/C17H15ClF2N4O/c1-9-4-3-5-10(18)13(9)17(6-7-17)16-21-15(25-23-16)11-8-12(14(19)20)24(2)22-11/h3-5,8,14H,6-7H2,1-2H3. The third-order valence-corrected chi connectivity index (χ3v) is 4.98. The quantitative estimate of drug-likeness (QED) is 0.686. The van der Waals surface area contributed by atoms with Gasteiger partial charge in [0.1, 0.15) is 5.69 Å². The number of aromatic nitrogens is 4. The number of benzene rings is 1. The van der Waals surface area contributed by atoms with Crippen molar-refractivity contribution < 1.29 is 13.3 Å². The number of nitrogens with zero attached hydrogens (tertiary/aromatic N) is 4. The smallest absolute Gasteiger partial charge is 0.280 e. The summed E-state index contributed by atoms with van der Waals surface area (Å²) in [6.07, 6.45) is -0.892. The summed E-state index contributed by atoms with van der Waals surface area (Å²) in [7, 11) is 1.46. The molecule has 0 N–H and O–H groups in total. The predicted molar refractivity (Wildman–Crippen MR) is 87.7 cm³/mol. The molecular formula is C17H15ClF2N4O. The Morgan fingerprint density at radius 3 is 2.68 bits per heavy atom. The van der Waals surface area contributed by atoms with Crippen LogP contribution in [0.3, 0.4) is 0 Å². The summed E-state index contributed by atoms with van der Waals surface area (Å²) >= 11 is 6.40. The second kappa shape index (κ2) is 5.62. The normalized spacial score (nSPS) is 15.8. The lowest BCUT2D eigenvalue weighted by molar-refractivity contribution is 0.141. The molecule has 4 rings (SSSR count). The minimum atomic E-state index is -2.62. The molecule has 3 aromatic rings. The highest BCUT2D eigenvalue weighted by molar-refractivity contribution is 6.31. The maximum atomic E-state index is 12.9. The van der Waals surface area contributed by atoms with Crippen LogP contribution in [0.4, 0.5) is 8.78 Å². The lowest BCUT2D eigenvalue weighted by atomic mass is 9.91. The lowest BCUT2D eigenvalue weighted by Gasteiger charge is -2.16. The Hall–Kier alpha value is -2.28. The number of alkyl halides is 2. The highest BCUT2D eigenvalue weighted by atomic mass is 35.5. The molecule has 25 heavy (non-hydrogen) atoms. The average Bonchev–Trinajstić information content (AvgIpc) is 3.02. The van der Waals surface area contributed by atoms with E-state index in [9.17, 15) is 8.78 Å². The molecule has 1 saturated carbocycles. The summed E-state index contributed by atoms with van der Waals surface area (Å²) in [5.74, 6) is 0.649. The van der Waals surface area contributed by atoms with E-state index in [-0.39, 0.29) is 22.7 Å². The summed E-state index contributed by atoms with van der Waals surface area (Å²) < 4.78 is 32.3. The summed E-state index contributed by atoms with van der Waals surface area (Å²) in [6, 6.07) is 7.01. The number of hydrogen-bond donors (Lipinski definition) is 0. The molecule has 0 atom stereocenters. The maximum absolute atomic E-state index is 12.9. The van der Waals surface area contributed by atoms with Crippen LogP contribution in [0.2, 0.25) is 5.02 Å². The first-order chi connectivity index (χ1) is 11.9. The van der Waals surface area contributed by atoms with Gasteiger partial charge >= 0.3 is 0 Å². The molecule has 130 valence electrons. The van der Waals surface area contributed by atoms with E-state index in [4.69, 9.17) is 16.1 Å². The Morgan fingerprint density at radius 1 is 1.32 bits per heavy atom. The monoisotopic (exact) mass is 364 g/mol. The van der Waals surface area contributed by atoms with Gasteiger partial charge in [-0.25, -0.2) is 8.78 Å². The van der Waals surface area contributed by atoms with Gasteiger partial charge in [-0.15, -0.1) is 0 Å². The van der Waals surface area contributed by atoms with Crippen LogP contribution in [0.5, 0.6) is 0 Å². The van der Waals surface area contributed by atoms with E-state index in [2.05, 4.69) is 15.2 Å². The second-order valence-electron chi connectivity index (χ2n) is 6.32. The van der Waals surface area contributed by atoms with Crippen molar-refractivity contribution in [2.75, 3.05) is 0 Å². The van der Waals surface area contributed by atoms with Crippen molar-refractivity contribution in [1.29, 1.82) is 0 Å². The Balaban J connectivity index is 1.74. The first-order valence-corrected chi connectivity index (χ1v) is 8.22. The summed E-state index contributed by atoms with van der Waals surface area (Å²) in [6.45, 7) is 2.00. The Morgan fingerprint density at radius 2 is 2.08 bits per heavy atom. The molecule has 1 aliphatic rings. The Kier molecular flexibility index (Phi) is 3.64. The summed E-state index contributed by atoms with van der Waals surface area (Å²) in [4.78, 5) is 4.43. The molecule has 2 heterocycles. The number of rotatable bonds is 4. The molecule has 1 aromatic carbocycles. The van der Waals surface area contributed by atoms with E-state index in [0.717, 1.165) is 28.7 Å². The molecule has 0 bridgehead atoms. The fraction of sp³-hybridized carbons (Fsp3) is 0.353. The van der Waals surface area contributed by atoms with E-state index in [1.54, 1.807) is 0 Å². The first-order valence-electron chi connectivity index (χ1n) is 7.84. The van der Waals surface area contributed by atoms with Gasteiger partial charge in [0.15, 0.2) is 11.5 Å². The zero-order chi connectivity index (χ0) is 17.8. The van der Waals surface area contributed by atoms with E-state index in [0.29, 0.717) is 10.8 Å². The fourth-order valence-corrected chi connectivity index (χ4v) is 3.66. The van der Waals surface area contributed by atoms with Crippen molar-refractivity contribution in [1.82, 2.24) is 19.9 Å². The second-order valence-corrected chi connectivity index (χ2v) is 6.72. The summed E-state index contributed by atoms with van der Waals surface area (Å²) in [5, 5.41) is 8.80. The zero-order valence-corrected chi connectivity index (χ0v) is 14.4. The molecule has 0 radical (unpaired) electrons. The van der Waals surface area contributed by atoms with Crippen LogP contribution < -0.4 is 0 Å². The third-order valence-electron chi connectivity index (χ3n) is 4.66. The minimum Gasteiger partial charge on any atom is -0.332 e. The van der Waals surface area contributed by atoms with E-state index < -0.39 is 6.43 Å². The number of hydrogen-bond acceptors (Lipinski definition) is 4. The van der Waals surface area contributed by atoms with E-state index in [1.165, 1.54) is 13.1 Å². The van der Waals surface area contributed by atoms with Gasteiger partial charge < -0.3 is 4.52 Å². The van der Waals surface area contributed by atoms with Crippen LogP contribution in [0.25, 0.3) is 11.6 Å². The molecule has 1 aliphatic carbocycles. The molecule has 1 fully saturated rings. The topological polar surface area (TPSA) is 56.7 Å². The van der Waals surface area contributed by atoms with Gasteiger partial charge in [-0.3, -0.25) is 4.68 Å². The maximum Gasteiger partial charge on any atom is 0.280 e. The van der Waals surface area contributed by atoms with Crippen molar-refractivity contribution >= 4 is 11.6 Å². The largest absolute Gasteiger partial charge is 0.332 e. The van der Waals surface area contributed by atoms with Gasteiger partial charge in [0.25, 0.3) is 12.3 Å². The van der Waals surface area contributed by atoms with Crippen LogP contribution >= 0.6 is 11.6 Å². The van der Waals surface area contributed by atoms with Gasteiger partial charge in [0.05, 0.1) is 5.41 Å². The Bertz CT molecular complexity index is 926.